The van der Waals surface area contributed by atoms with Crippen molar-refractivity contribution < 1.29 is 17.9 Å². The Kier molecular flexibility index (Phi) is 5.72. The number of hydrogen-bond donors (Lipinski definition) is 1. The van der Waals surface area contributed by atoms with Crippen LogP contribution in [-0.2, 0) is 14.8 Å². The van der Waals surface area contributed by atoms with E-state index in [1.807, 2.05) is 0 Å². The molecule has 2 heterocycles. The molecule has 0 aliphatic carbocycles. The van der Waals surface area contributed by atoms with Crippen LogP contribution in [0.4, 0.5) is 0 Å². The van der Waals surface area contributed by atoms with Crippen molar-refractivity contribution in [3.05, 3.63) is 30.1 Å². The number of carbonyl (C=O) groups is 1. The number of carbonyl (C=O) groups excluding carboxylic acids is 1. The topological polar surface area (TPSA) is 88.6 Å². The molecule has 0 saturated carbocycles. The number of pyridine rings is 1. The highest BCUT2D eigenvalue weighted by atomic mass is 32.2. The van der Waals surface area contributed by atoms with Crippen molar-refractivity contribution in [2.45, 2.75) is 24.8 Å². The molecule has 0 unspecified atom stereocenters. The van der Waals surface area contributed by atoms with Gasteiger partial charge in [-0.1, -0.05) is 6.07 Å². The van der Waals surface area contributed by atoms with E-state index in [-0.39, 0.29) is 5.91 Å². The number of likely N-dealkylation sites (tertiary alicyclic amines) is 1. The van der Waals surface area contributed by atoms with Crippen LogP contribution in [0.5, 0.6) is 0 Å². The molecule has 0 aromatic carbocycles. The number of methoxy groups -OCH3 is 1. The van der Waals surface area contributed by atoms with Gasteiger partial charge in [0.05, 0.1) is 6.26 Å². The average molecular weight is 341 g/mol. The molecule has 1 aromatic heterocycles. The van der Waals surface area contributed by atoms with E-state index in [1.165, 1.54) is 0 Å². The maximum atomic E-state index is 12.4. The molecule has 1 N–H and O–H groups in total. The maximum Gasteiger partial charge on any atom is 0.272 e. The fraction of sp³-hybridized carbons (Fsp3) is 0.600. The minimum atomic E-state index is -3.32. The smallest absolute Gasteiger partial charge is 0.272 e. The van der Waals surface area contributed by atoms with Crippen LogP contribution in [-0.4, -0.2) is 62.8 Å². The van der Waals surface area contributed by atoms with E-state index in [0.717, 1.165) is 6.26 Å². The van der Waals surface area contributed by atoms with Gasteiger partial charge >= 0.3 is 0 Å². The van der Waals surface area contributed by atoms with Gasteiger partial charge < -0.3 is 9.64 Å². The SMILES string of the molecule is COCCC1(NS(C)(=O)=O)CCN(C(=O)c2ccccn2)CC1. The molecule has 1 saturated heterocycles. The summed E-state index contributed by atoms with van der Waals surface area (Å²) < 4.78 is 31.2. The third-order valence-electron chi connectivity index (χ3n) is 4.08. The van der Waals surface area contributed by atoms with Gasteiger partial charge in [0.15, 0.2) is 0 Å². The zero-order chi connectivity index (χ0) is 16.9. The van der Waals surface area contributed by atoms with Gasteiger partial charge in [-0.15, -0.1) is 0 Å². The number of nitrogens with one attached hydrogen (secondary N) is 1. The normalized spacial score (nSPS) is 17.9. The number of sulfonamides is 1. The lowest BCUT2D eigenvalue weighted by Gasteiger charge is -2.41. The Morgan fingerprint density at radius 2 is 2.09 bits per heavy atom. The standard InChI is InChI=1S/C15H23N3O4S/c1-22-12-8-15(17-23(2,20)21)6-10-18(11-7-15)14(19)13-5-3-4-9-16-13/h3-5,9,17H,6-8,10-12H2,1-2H3. The Morgan fingerprint density at radius 3 is 2.61 bits per heavy atom. The van der Waals surface area contributed by atoms with E-state index >= 15 is 0 Å². The number of ether oxygens (including phenoxy) is 1. The van der Waals surface area contributed by atoms with Gasteiger partial charge in [0.1, 0.15) is 5.69 Å². The van der Waals surface area contributed by atoms with Gasteiger partial charge in [-0.05, 0) is 31.4 Å². The fourth-order valence-corrected chi connectivity index (χ4v) is 3.98. The van der Waals surface area contributed by atoms with Gasteiger partial charge in [-0.2, -0.15) is 0 Å². The Balaban J connectivity index is 2.05. The van der Waals surface area contributed by atoms with Crippen LogP contribution in [0.15, 0.2) is 24.4 Å². The molecule has 1 aliphatic heterocycles. The van der Waals surface area contributed by atoms with E-state index in [1.54, 1.807) is 36.4 Å². The summed E-state index contributed by atoms with van der Waals surface area (Å²) >= 11 is 0. The minimum Gasteiger partial charge on any atom is -0.385 e. The van der Waals surface area contributed by atoms with E-state index in [4.69, 9.17) is 4.74 Å². The number of piperidine rings is 1. The van der Waals surface area contributed by atoms with Crippen molar-refractivity contribution in [2.24, 2.45) is 0 Å². The molecule has 7 nitrogen and oxygen atoms in total. The van der Waals surface area contributed by atoms with E-state index in [0.29, 0.717) is 44.7 Å². The van der Waals surface area contributed by atoms with Crippen molar-refractivity contribution in [1.82, 2.24) is 14.6 Å². The Morgan fingerprint density at radius 1 is 1.39 bits per heavy atom. The number of aromatic nitrogens is 1. The molecule has 23 heavy (non-hydrogen) atoms. The summed E-state index contributed by atoms with van der Waals surface area (Å²) in [7, 11) is -1.73. The van der Waals surface area contributed by atoms with Crippen molar-refractivity contribution in [2.75, 3.05) is 33.1 Å². The lowest BCUT2D eigenvalue weighted by molar-refractivity contribution is 0.0615. The van der Waals surface area contributed by atoms with Gasteiger partial charge in [-0.25, -0.2) is 13.1 Å². The second-order valence-electron chi connectivity index (χ2n) is 5.90. The molecule has 0 atom stereocenters. The third-order valence-corrected chi connectivity index (χ3v) is 4.88. The molecule has 8 heteroatoms. The molecule has 1 amide bonds. The van der Waals surface area contributed by atoms with Gasteiger partial charge in [0.25, 0.3) is 5.91 Å². The van der Waals surface area contributed by atoms with E-state index in [2.05, 4.69) is 9.71 Å². The van der Waals surface area contributed by atoms with Crippen LogP contribution in [0.2, 0.25) is 0 Å². The molecule has 0 bridgehead atoms. The van der Waals surface area contributed by atoms with Crippen LogP contribution in [0.3, 0.4) is 0 Å². The summed E-state index contributed by atoms with van der Waals surface area (Å²) in [6.45, 7) is 1.44. The van der Waals surface area contributed by atoms with Crippen molar-refractivity contribution in [1.29, 1.82) is 0 Å². The number of hydrogen-bond acceptors (Lipinski definition) is 5. The second-order valence-corrected chi connectivity index (χ2v) is 7.65. The predicted octanol–water partition coefficient (Wildman–Crippen LogP) is 0.642. The fourth-order valence-electron chi connectivity index (χ4n) is 2.88. The zero-order valence-corrected chi connectivity index (χ0v) is 14.3. The van der Waals surface area contributed by atoms with Crippen LogP contribution in [0.1, 0.15) is 29.8 Å². The predicted molar refractivity (Wildman–Crippen MR) is 86.6 cm³/mol. The molecule has 1 aromatic rings. The van der Waals surface area contributed by atoms with Crippen LogP contribution < -0.4 is 4.72 Å². The molecule has 0 radical (unpaired) electrons. The van der Waals surface area contributed by atoms with Gasteiger partial charge in [0.2, 0.25) is 10.0 Å². The second kappa shape index (κ2) is 7.37. The van der Waals surface area contributed by atoms with Gasteiger partial charge in [-0.3, -0.25) is 9.78 Å². The first-order valence-corrected chi connectivity index (χ1v) is 9.43. The lowest BCUT2D eigenvalue weighted by Crippen LogP contribution is -2.56. The molecule has 0 spiro atoms. The lowest BCUT2D eigenvalue weighted by atomic mass is 9.85. The number of amides is 1. The van der Waals surface area contributed by atoms with Crippen LogP contribution in [0, 0.1) is 0 Å². The molecular formula is C15H23N3O4S. The summed E-state index contributed by atoms with van der Waals surface area (Å²) in [4.78, 5) is 18.2. The van der Waals surface area contributed by atoms with Crippen molar-refractivity contribution >= 4 is 15.9 Å². The van der Waals surface area contributed by atoms with E-state index < -0.39 is 15.6 Å². The molecule has 1 aliphatic rings. The first-order chi connectivity index (χ1) is 10.9. The van der Waals surface area contributed by atoms with Crippen molar-refractivity contribution in [3.8, 4) is 0 Å². The van der Waals surface area contributed by atoms with Gasteiger partial charge in [0, 0.05) is 38.5 Å². The highest BCUT2D eigenvalue weighted by molar-refractivity contribution is 7.88. The first-order valence-electron chi connectivity index (χ1n) is 7.53. The average Bonchev–Trinajstić information content (AvgIpc) is 2.52. The highest BCUT2D eigenvalue weighted by Gasteiger charge is 2.38. The minimum absolute atomic E-state index is 0.120. The zero-order valence-electron chi connectivity index (χ0n) is 13.5. The summed E-state index contributed by atoms with van der Waals surface area (Å²) in [6.07, 6.45) is 4.45. The molecule has 128 valence electrons. The highest BCUT2D eigenvalue weighted by Crippen LogP contribution is 2.27. The van der Waals surface area contributed by atoms with Crippen LogP contribution in [0.25, 0.3) is 0 Å². The Hall–Kier alpha value is -1.51. The monoisotopic (exact) mass is 341 g/mol. The van der Waals surface area contributed by atoms with E-state index in [9.17, 15) is 13.2 Å². The summed E-state index contributed by atoms with van der Waals surface area (Å²) in [5, 5.41) is 0. The first kappa shape index (κ1) is 17.8. The van der Waals surface area contributed by atoms with Crippen LogP contribution >= 0.6 is 0 Å². The number of nitrogens with zero attached hydrogens (tertiary/aromatic N) is 2. The largest absolute Gasteiger partial charge is 0.385 e. The molecule has 1 fully saturated rings. The van der Waals surface area contributed by atoms with Crippen molar-refractivity contribution in [3.63, 3.8) is 0 Å². The maximum absolute atomic E-state index is 12.4. The Bertz CT molecular complexity index is 625. The molecular weight excluding hydrogens is 318 g/mol. The third kappa shape index (κ3) is 4.98. The number of rotatable bonds is 6. The quantitative estimate of drug-likeness (QED) is 0.820. The molecule has 2 rings (SSSR count). The Labute approximate surface area is 137 Å². The summed E-state index contributed by atoms with van der Waals surface area (Å²) in [5.74, 6) is -0.120. The summed E-state index contributed by atoms with van der Waals surface area (Å²) in [5.41, 5.74) is -0.141. The summed E-state index contributed by atoms with van der Waals surface area (Å²) in [6, 6.07) is 5.22.